The van der Waals surface area contributed by atoms with Crippen molar-refractivity contribution in [1.82, 2.24) is 19.1 Å². The van der Waals surface area contributed by atoms with E-state index in [1.54, 1.807) is 0 Å². The minimum absolute atomic E-state index is 0.224. The zero-order valence-corrected chi connectivity index (χ0v) is 19.3. The van der Waals surface area contributed by atoms with Crippen LogP contribution in [0.25, 0.3) is 22.6 Å². The zero-order chi connectivity index (χ0) is 22.8. The Morgan fingerprint density at radius 1 is 0.935 bits per heavy atom. The second-order valence-corrected chi connectivity index (χ2v) is 8.21. The Labute approximate surface area is 182 Å². The van der Waals surface area contributed by atoms with Gasteiger partial charge >= 0.3 is 5.69 Å². The maximum Gasteiger partial charge on any atom is 0.352 e. The van der Waals surface area contributed by atoms with Gasteiger partial charge in [-0.3, -0.25) is 9.36 Å². The second kappa shape index (κ2) is 9.25. The molecule has 2 aliphatic heterocycles. The molecular formula is C22H36N7O2+3. The molecule has 168 valence electrons. The molecule has 9 heteroatoms. The summed E-state index contributed by atoms with van der Waals surface area (Å²) in [5.41, 5.74) is 11.0. The fourth-order valence-electron chi connectivity index (χ4n) is 4.34. The van der Waals surface area contributed by atoms with E-state index in [1.807, 2.05) is 4.57 Å². The molecule has 1 aromatic carbocycles. The van der Waals surface area contributed by atoms with Crippen LogP contribution in [0.3, 0.4) is 0 Å². The van der Waals surface area contributed by atoms with Gasteiger partial charge in [0.05, 0.1) is 56.8 Å². The first-order valence-corrected chi connectivity index (χ1v) is 11.2. The average Bonchev–Trinajstić information content (AvgIpc) is 2.76. The van der Waals surface area contributed by atoms with Crippen LogP contribution in [0.2, 0.25) is 0 Å². The van der Waals surface area contributed by atoms with Crippen LogP contribution >= 0.6 is 0 Å². The van der Waals surface area contributed by atoms with E-state index >= 15 is 0 Å². The van der Waals surface area contributed by atoms with Gasteiger partial charge in [-0.2, -0.15) is 4.98 Å². The molecule has 2 heterocycles. The second-order valence-electron chi connectivity index (χ2n) is 8.21. The molecule has 0 fully saturated rings. The highest BCUT2D eigenvalue weighted by Gasteiger charge is 2.25. The molecule has 0 unspecified atom stereocenters. The van der Waals surface area contributed by atoms with Gasteiger partial charge in [0, 0.05) is 5.56 Å². The third-order valence-electron chi connectivity index (χ3n) is 6.59. The van der Waals surface area contributed by atoms with E-state index in [2.05, 4.69) is 61.3 Å². The first-order chi connectivity index (χ1) is 14.8. The molecule has 2 aliphatic rings. The number of nitrogens with zero attached hydrogens (tertiary/aromatic N) is 5. The van der Waals surface area contributed by atoms with Crippen molar-refractivity contribution >= 4 is 11.0 Å². The van der Waals surface area contributed by atoms with E-state index < -0.39 is 11.2 Å². The summed E-state index contributed by atoms with van der Waals surface area (Å²) in [6, 6.07) is 4.21. The fraction of sp³-hybridized carbons (Fsp3) is 0.545. The first kappa shape index (κ1) is 23.1. The van der Waals surface area contributed by atoms with E-state index in [0.29, 0.717) is 25.5 Å². The zero-order valence-electron chi connectivity index (χ0n) is 19.3. The van der Waals surface area contributed by atoms with Crippen LogP contribution in [0.15, 0.2) is 21.7 Å². The van der Waals surface area contributed by atoms with Crippen LogP contribution < -0.4 is 22.7 Å². The SMILES string of the molecule is CC[N+](CC)(CC)Cc1cc2c(cc1C)nc1c(=O)n(CC[NH3+])c(=O)nc-1n2CC[NH3+]. The van der Waals surface area contributed by atoms with E-state index in [0.717, 1.165) is 51.8 Å². The number of aryl methyl sites for hydroxylation is 1. The predicted molar refractivity (Wildman–Crippen MR) is 121 cm³/mol. The van der Waals surface area contributed by atoms with Crippen molar-refractivity contribution in [2.75, 3.05) is 32.7 Å². The van der Waals surface area contributed by atoms with Crippen molar-refractivity contribution in [2.45, 2.75) is 47.3 Å². The molecule has 0 atom stereocenters. The van der Waals surface area contributed by atoms with Gasteiger partial charge in [0.2, 0.25) is 0 Å². The van der Waals surface area contributed by atoms with Crippen molar-refractivity contribution in [3.8, 4) is 11.5 Å². The number of hydrogen-bond donors (Lipinski definition) is 2. The lowest BCUT2D eigenvalue weighted by Gasteiger charge is -2.36. The van der Waals surface area contributed by atoms with Crippen LogP contribution in [0.4, 0.5) is 0 Å². The van der Waals surface area contributed by atoms with Crippen LogP contribution in [0.5, 0.6) is 0 Å². The van der Waals surface area contributed by atoms with Crippen LogP contribution in [0.1, 0.15) is 31.9 Å². The molecule has 1 aromatic rings. The van der Waals surface area contributed by atoms with Gasteiger partial charge in [0.15, 0.2) is 11.5 Å². The normalized spacial score (nSPS) is 12.2. The lowest BCUT2D eigenvalue weighted by molar-refractivity contribution is -0.936. The molecule has 9 nitrogen and oxygen atoms in total. The molecule has 0 spiro atoms. The van der Waals surface area contributed by atoms with Gasteiger partial charge in [-0.05, 0) is 45.4 Å². The number of rotatable bonds is 9. The van der Waals surface area contributed by atoms with Crippen LogP contribution in [0, 0.1) is 6.92 Å². The van der Waals surface area contributed by atoms with Gasteiger partial charge in [0.25, 0.3) is 5.56 Å². The quantitative estimate of drug-likeness (QED) is 0.341. The Morgan fingerprint density at radius 2 is 1.55 bits per heavy atom. The topological polar surface area (TPSA) is 125 Å². The minimum atomic E-state index is -0.550. The molecule has 31 heavy (non-hydrogen) atoms. The predicted octanol–water partition coefficient (Wildman–Crippen LogP) is -0.773. The largest absolute Gasteiger partial charge is 0.356 e. The van der Waals surface area contributed by atoms with Crippen LogP contribution in [-0.2, 0) is 19.6 Å². The number of aromatic nitrogens is 4. The molecular weight excluding hydrogens is 394 g/mol. The first-order valence-electron chi connectivity index (χ1n) is 11.2. The van der Waals surface area contributed by atoms with Gasteiger partial charge in [-0.1, -0.05) is 0 Å². The molecule has 0 saturated heterocycles. The summed E-state index contributed by atoms with van der Waals surface area (Å²) >= 11 is 0. The lowest BCUT2D eigenvalue weighted by Crippen LogP contribution is -2.54. The minimum Gasteiger partial charge on any atom is -0.356 e. The third kappa shape index (κ3) is 4.13. The number of quaternary nitrogens is 3. The Balaban J connectivity index is 2.33. The van der Waals surface area contributed by atoms with E-state index in [1.165, 1.54) is 5.56 Å². The average molecular weight is 431 g/mol. The monoisotopic (exact) mass is 430 g/mol. The molecule has 0 amide bonds. The maximum atomic E-state index is 13.0. The summed E-state index contributed by atoms with van der Waals surface area (Å²) in [5, 5.41) is 0. The van der Waals surface area contributed by atoms with Crippen molar-refractivity contribution in [3.05, 3.63) is 44.1 Å². The van der Waals surface area contributed by atoms with Crippen LogP contribution in [-0.4, -0.2) is 56.3 Å². The summed E-state index contributed by atoms with van der Waals surface area (Å²) in [7, 11) is 0. The van der Waals surface area contributed by atoms with E-state index in [-0.39, 0.29) is 12.2 Å². The molecule has 0 bridgehead atoms. The molecule has 0 radical (unpaired) electrons. The molecule has 0 saturated carbocycles. The summed E-state index contributed by atoms with van der Waals surface area (Å²) < 4.78 is 4.06. The lowest BCUT2D eigenvalue weighted by atomic mass is 10.0. The smallest absolute Gasteiger partial charge is 0.352 e. The maximum absolute atomic E-state index is 13.0. The van der Waals surface area contributed by atoms with Crippen molar-refractivity contribution in [2.24, 2.45) is 0 Å². The molecule has 3 rings (SSSR count). The number of fused-ring (bicyclic) bond motifs is 2. The third-order valence-corrected chi connectivity index (χ3v) is 6.59. The Kier molecular flexibility index (Phi) is 6.88. The Morgan fingerprint density at radius 3 is 2.13 bits per heavy atom. The fourth-order valence-corrected chi connectivity index (χ4v) is 4.34. The van der Waals surface area contributed by atoms with Gasteiger partial charge in [-0.15, -0.1) is 0 Å². The van der Waals surface area contributed by atoms with Crippen molar-refractivity contribution < 1.29 is 16.0 Å². The van der Waals surface area contributed by atoms with Gasteiger partial charge in [0.1, 0.15) is 6.54 Å². The number of benzene rings is 1. The van der Waals surface area contributed by atoms with E-state index in [4.69, 9.17) is 0 Å². The Bertz CT molecular complexity index is 1150. The Hall–Kier alpha value is -2.62. The molecule has 6 N–H and O–H groups in total. The van der Waals surface area contributed by atoms with Crippen molar-refractivity contribution in [1.29, 1.82) is 0 Å². The van der Waals surface area contributed by atoms with Crippen molar-refractivity contribution in [3.63, 3.8) is 0 Å². The van der Waals surface area contributed by atoms with Gasteiger partial charge in [-0.25, -0.2) is 9.78 Å². The summed E-state index contributed by atoms with van der Waals surface area (Å²) in [5.74, 6) is 0.337. The summed E-state index contributed by atoms with van der Waals surface area (Å²) in [6.45, 7) is 14.7. The number of hydrogen-bond acceptors (Lipinski definition) is 4. The summed E-state index contributed by atoms with van der Waals surface area (Å²) in [6.07, 6.45) is 0. The summed E-state index contributed by atoms with van der Waals surface area (Å²) in [4.78, 5) is 34.4. The molecule has 0 aromatic heterocycles. The highest BCUT2D eigenvalue weighted by Crippen LogP contribution is 2.26. The molecule has 0 aliphatic carbocycles. The standard InChI is InChI=1S/C22H34N7O2/c1-5-29(6-2,7-3)14-16-13-18-17(12-15(16)4)25-19-20(27(18)10-8-23)26-22(31)28(11-9-24)21(19)30/h12-13H,5-11,14,23-24H2,1-4H3/q+1/p+2. The van der Waals surface area contributed by atoms with E-state index in [9.17, 15) is 9.59 Å². The highest BCUT2D eigenvalue weighted by molar-refractivity contribution is 5.81. The van der Waals surface area contributed by atoms with Gasteiger partial charge < -0.3 is 20.5 Å². The highest BCUT2D eigenvalue weighted by atomic mass is 16.2.